The zero-order valence-electron chi connectivity index (χ0n) is 10.1. The van der Waals surface area contributed by atoms with Crippen LogP contribution in [0.5, 0.6) is 0 Å². The average molecular weight is 226 g/mol. The fraction of sp³-hybridized carbons (Fsp3) is 0.917. The van der Waals surface area contributed by atoms with Crippen molar-refractivity contribution >= 4 is 5.91 Å². The Balaban J connectivity index is 1.93. The average Bonchev–Trinajstić information content (AvgIpc) is 2.57. The minimum Gasteiger partial charge on any atom is -0.377 e. The summed E-state index contributed by atoms with van der Waals surface area (Å²) in [7, 11) is 0. The topological polar surface area (TPSA) is 41.6 Å². The van der Waals surface area contributed by atoms with Crippen LogP contribution in [0.25, 0.3) is 0 Å². The smallest absolute Gasteiger partial charge is 0.240 e. The Morgan fingerprint density at radius 1 is 1.38 bits per heavy atom. The monoisotopic (exact) mass is 226 g/mol. The number of nitrogens with one attached hydrogen (secondary N) is 1. The van der Waals surface area contributed by atoms with E-state index in [1.54, 1.807) is 0 Å². The van der Waals surface area contributed by atoms with Crippen LogP contribution < -0.4 is 5.32 Å². The third-order valence-electron chi connectivity index (χ3n) is 3.51. The predicted octanol–water partition coefficient (Wildman–Crippen LogP) is 0.766. The standard InChI is InChI=1S/C12H22N2O2/c1-10-9-16-8-7-14(10)12(15)11-5-3-2-4-6-13-11/h10-11,13H,2-9H2,1H3/t10-,11?/m1/s1. The molecule has 0 radical (unpaired) electrons. The lowest BCUT2D eigenvalue weighted by Crippen LogP contribution is -2.53. The van der Waals surface area contributed by atoms with Crippen LogP contribution in [0.1, 0.15) is 32.6 Å². The van der Waals surface area contributed by atoms with E-state index in [9.17, 15) is 4.79 Å². The normalized spacial score (nSPS) is 32.2. The van der Waals surface area contributed by atoms with Gasteiger partial charge < -0.3 is 15.0 Å². The summed E-state index contributed by atoms with van der Waals surface area (Å²) in [6, 6.07) is 0.273. The number of hydrogen-bond acceptors (Lipinski definition) is 3. The first kappa shape index (κ1) is 11.9. The van der Waals surface area contributed by atoms with Crippen molar-refractivity contribution in [2.75, 3.05) is 26.3 Å². The first-order valence-corrected chi connectivity index (χ1v) is 6.40. The van der Waals surface area contributed by atoms with E-state index in [0.717, 1.165) is 19.5 Å². The minimum atomic E-state index is 0.0445. The van der Waals surface area contributed by atoms with Crippen molar-refractivity contribution in [2.45, 2.75) is 44.7 Å². The molecule has 0 aliphatic carbocycles. The molecule has 1 amide bonds. The van der Waals surface area contributed by atoms with Crippen molar-refractivity contribution in [3.8, 4) is 0 Å². The molecular weight excluding hydrogens is 204 g/mol. The van der Waals surface area contributed by atoms with Crippen LogP contribution >= 0.6 is 0 Å². The number of amides is 1. The lowest BCUT2D eigenvalue weighted by atomic mass is 10.1. The molecule has 2 saturated heterocycles. The molecule has 16 heavy (non-hydrogen) atoms. The van der Waals surface area contributed by atoms with Crippen LogP contribution in [-0.2, 0) is 9.53 Å². The van der Waals surface area contributed by atoms with Crippen LogP contribution in [0.15, 0.2) is 0 Å². The molecule has 0 bridgehead atoms. The summed E-state index contributed by atoms with van der Waals surface area (Å²) in [5, 5.41) is 3.37. The maximum atomic E-state index is 12.3. The van der Waals surface area contributed by atoms with Gasteiger partial charge in [0.2, 0.25) is 5.91 Å². The van der Waals surface area contributed by atoms with Crippen LogP contribution in [-0.4, -0.2) is 49.2 Å². The first-order valence-electron chi connectivity index (χ1n) is 6.40. The van der Waals surface area contributed by atoms with Gasteiger partial charge in [0.25, 0.3) is 0 Å². The highest BCUT2D eigenvalue weighted by Crippen LogP contribution is 2.14. The van der Waals surface area contributed by atoms with E-state index in [2.05, 4.69) is 12.2 Å². The third kappa shape index (κ3) is 2.74. The van der Waals surface area contributed by atoms with E-state index in [1.807, 2.05) is 4.90 Å². The van der Waals surface area contributed by atoms with Crippen LogP contribution in [0.2, 0.25) is 0 Å². The molecule has 2 heterocycles. The SMILES string of the molecule is C[C@@H]1COCCN1C(=O)C1CCCCCN1. The fourth-order valence-electron chi connectivity index (χ4n) is 2.49. The zero-order valence-corrected chi connectivity index (χ0v) is 10.1. The van der Waals surface area contributed by atoms with E-state index in [1.165, 1.54) is 19.3 Å². The lowest BCUT2D eigenvalue weighted by Gasteiger charge is -2.35. The van der Waals surface area contributed by atoms with E-state index >= 15 is 0 Å². The Bertz CT molecular complexity index is 237. The number of carbonyl (C=O) groups is 1. The van der Waals surface area contributed by atoms with Gasteiger partial charge in [0.1, 0.15) is 0 Å². The van der Waals surface area contributed by atoms with Crippen LogP contribution in [0.3, 0.4) is 0 Å². The fourth-order valence-corrected chi connectivity index (χ4v) is 2.49. The highest BCUT2D eigenvalue weighted by molar-refractivity contribution is 5.82. The molecule has 4 nitrogen and oxygen atoms in total. The van der Waals surface area contributed by atoms with Gasteiger partial charge in [-0.05, 0) is 26.3 Å². The van der Waals surface area contributed by atoms with E-state index < -0.39 is 0 Å². The maximum Gasteiger partial charge on any atom is 0.240 e. The molecule has 2 fully saturated rings. The quantitative estimate of drug-likeness (QED) is 0.718. The molecule has 92 valence electrons. The minimum absolute atomic E-state index is 0.0445. The van der Waals surface area contributed by atoms with Gasteiger partial charge in [-0.3, -0.25) is 4.79 Å². The molecule has 0 spiro atoms. The molecular formula is C12H22N2O2. The Morgan fingerprint density at radius 2 is 2.25 bits per heavy atom. The summed E-state index contributed by atoms with van der Waals surface area (Å²) in [5.41, 5.74) is 0. The molecule has 1 unspecified atom stereocenters. The lowest BCUT2D eigenvalue weighted by molar-refractivity contribution is -0.141. The number of nitrogens with zero attached hydrogens (tertiary/aromatic N) is 1. The van der Waals surface area contributed by atoms with Gasteiger partial charge in [-0.15, -0.1) is 0 Å². The number of carbonyl (C=O) groups excluding carboxylic acids is 1. The van der Waals surface area contributed by atoms with E-state index in [-0.39, 0.29) is 18.0 Å². The van der Waals surface area contributed by atoms with Crippen molar-refractivity contribution < 1.29 is 9.53 Å². The number of morpholine rings is 1. The van der Waals surface area contributed by atoms with Crippen molar-refractivity contribution in [3.05, 3.63) is 0 Å². The van der Waals surface area contributed by atoms with Crippen molar-refractivity contribution in [3.63, 3.8) is 0 Å². The summed E-state index contributed by atoms with van der Waals surface area (Å²) >= 11 is 0. The van der Waals surface area contributed by atoms with E-state index in [4.69, 9.17) is 4.74 Å². The molecule has 4 heteroatoms. The predicted molar refractivity (Wildman–Crippen MR) is 62.3 cm³/mol. The van der Waals surface area contributed by atoms with Crippen LogP contribution in [0.4, 0.5) is 0 Å². The molecule has 2 rings (SSSR count). The second-order valence-corrected chi connectivity index (χ2v) is 4.81. The molecule has 1 N–H and O–H groups in total. The summed E-state index contributed by atoms with van der Waals surface area (Å²) < 4.78 is 5.36. The summed E-state index contributed by atoms with van der Waals surface area (Å²) in [4.78, 5) is 14.3. The second-order valence-electron chi connectivity index (χ2n) is 4.81. The van der Waals surface area contributed by atoms with Crippen molar-refractivity contribution in [1.82, 2.24) is 10.2 Å². The second kappa shape index (κ2) is 5.64. The number of rotatable bonds is 1. The maximum absolute atomic E-state index is 12.3. The Hall–Kier alpha value is -0.610. The molecule has 2 aliphatic heterocycles. The molecule has 2 atom stereocenters. The van der Waals surface area contributed by atoms with Gasteiger partial charge in [0.15, 0.2) is 0 Å². The Kier molecular flexibility index (Phi) is 4.18. The number of hydrogen-bond donors (Lipinski definition) is 1. The Morgan fingerprint density at radius 3 is 3.06 bits per heavy atom. The molecule has 0 saturated carbocycles. The highest BCUT2D eigenvalue weighted by Gasteiger charge is 2.29. The summed E-state index contributed by atoms with van der Waals surface area (Å²) in [6.45, 7) is 5.16. The highest BCUT2D eigenvalue weighted by atomic mass is 16.5. The van der Waals surface area contributed by atoms with Crippen molar-refractivity contribution in [2.24, 2.45) is 0 Å². The molecule has 2 aliphatic rings. The largest absolute Gasteiger partial charge is 0.377 e. The Labute approximate surface area is 97.3 Å². The van der Waals surface area contributed by atoms with Gasteiger partial charge in [-0.2, -0.15) is 0 Å². The van der Waals surface area contributed by atoms with Gasteiger partial charge >= 0.3 is 0 Å². The first-order chi connectivity index (χ1) is 7.79. The molecule has 0 aromatic rings. The van der Waals surface area contributed by atoms with E-state index in [0.29, 0.717) is 13.2 Å². The zero-order chi connectivity index (χ0) is 11.4. The third-order valence-corrected chi connectivity index (χ3v) is 3.51. The molecule has 0 aromatic carbocycles. The summed E-state index contributed by atoms with van der Waals surface area (Å²) in [5.74, 6) is 0.276. The van der Waals surface area contributed by atoms with Gasteiger partial charge in [-0.25, -0.2) is 0 Å². The van der Waals surface area contributed by atoms with Gasteiger partial charge in [-0.1, -0.05) is 12.8 Å². The van der Waals surface area contributed by atoms with Crippen LogP contribution in [0, 0.1) is 0 Å². The van der Waals surface area contributed by atoms with Gasteiger partial charge in [0, 0.05) is 6.54 Å². The summed E-state index contributed by atoms with van der Waals surface area (Å²) in [6.07, 6.45) is 4.60. The van der Waals surface area contributed by atoms with Gasteiger partial charge in [0.05, 0.1) is 25.3 Å². The number of ether oxygens (including phenoxy) is 1. The van der Waals surface area contributed by atoms with Crippen molar-refractivity contribution in [1.29, 1.82) is 0 Å². The molecule has 0 aromatic heterocycles.